The first-order chi connectivity index (χ1) is 13.7. The van der Waals surface area contributed by atoms with Gasteiger partial charge in [0, 0.05) is 51.9 Å². The number of nitrogens with zero attached hydrogens (tertiary/aromatic N) is 6. The Bertz CT molecular complexity index is 723. The number of hydrogen-bond donors (Lipinski definition) is 1. The van der Waals surface area contributed by atoms with Gasteiger partial charge in [-0.15, -0.1) is 0 Å². The fourth-order valence-electron chi connectivity index (χ4n) is 3.06. The van der Waals surface area contributed by atoms with Crippen LogP contribution in [0.25, 0.3) is 0 Å². The molecule has 1 aliphatic rings. The predicted molar refractivity (Wildman–Crippen MR) is 103 cm³/mol. The second-order valence-electron chi connectivity index (χ2n) is 6.57. The molecular weight excluding hydrogens is 362 g/mol. The molecule has 1 aliphatic heterocycles. The van der Waals surface area contributed by atoms with Crippen molar-refractivity contribution in [2.24, 2.45) is 4.99 Å². The molecule has 1 saturated heterocycles. The number of hydrogen-bond acceptors (Lipinski definition) is 8. The van der Waals surface area contributed by atoms with E-state index in [1.807, 2.05) is 19.9 Å². The Labute approximate surface area is 164 Å². The van der Waals surface area contributed by atoms with Crippen LogP contribution in [-0.2, 0) is 17.8 Å². The highest BCUT2D eigenvalue weighted by Gasteiger charge is 2.21. The van der Waals surface area contributed by atoms with Gasteiger partial charge in [0.15, 0.2) is 11.8 Å². The van der Waals surface area contributed by atoms with Gasteiger partial charge >= 0.3 is 0 Å². The first-order valence-corrected chi connectivity index (χ1v) is 9.78. The van der Waals surface area contributed by atoms with Crippen LogP contribution in [0.2, 0.25) is 0 Å². The van der Waals surface area contributed by atoms with Gasteiger partial charge < -0.3 is 24.0 Å². The van der Waals surface area contributed by atoms with Gasteiger partial charge in [0.2, 0.25) is 5.89 Å². The van der Waals surface area contributed by atoms with Crippen molar-refractivity contribution in [3.05, 3.63) is 29.7 Å². The Balaban J connectivity index is 1.54. The minimum atomic E-state index is -0.183. The van der Waals surface area contributed by atoms with Gasteiger partial charge in [-0.1, -0.05) is 10.3 Å². The summed E-state index contributed by atoms with van der Waals surface area (Å²) in [6.07, 6.45) is 1.43. The third kappa shape index (κ3) is 5.52. The molecule has 0 aromatic carbocycles. The summed E-state index contributed by atoms with van der Waals surface area (Å²) in [4.78, 5) is 13.7. The van der Waals surface area contributed by atoms with Gasteiger partial charge in [-0.3, -0.25) is 4.90 Å². The van der Waals surface area contributed by atoms with E-state index < -0.39 is 0 Å². The fraction of sp³-hybridized carbons (Fsp3) is 0.667. The summed E-state index contributed by atoms with van der Waals surface area (Å²) in [5.41, 5.74) is 0.961. The first kappa shape index (κ1) is 20.3. The summed E-state index contributed by atoms with van der Waals surface area (Å²) >= 11 is 0. The number of aliphatic imine (C=N–C) groups is 1. The zero-order chi connectivity index (χ0) is 19.8. The minimum absolute atomic E-state index is 0.183. The van der Waals surface area contributed by atoms with Crippen LogP contribution in [0.3, 0.4) is 0 Å². The number of guanidine groups is 1. The first-order valence-electron chi connectivity index (χ1n) is 9.78. The predicted octanol–water partition coefficient (Wildman–Crippen LogP) is 1.44. The van der Waals surface area contributed by atoms with E-state index in [0.29, 0.717) is 24.9 Å². The maximum absolute atomic E-state index is 5.49. The van der Waals surface area contributed by atoms with Gasteiger partial charge in [0.05, 0.1) is 5.69 Å². The van der Waals surface area contributed by atoms with Crippen molar-refractivity contribution in [1.29, 1.82) is 0 Å². The molecule has 10 nitrogen and oxygen atoms in total. The van der Waals surface area contributed by atoms with Crippen LogP contribution in [0, 0.1) is 0 Å². The summed E-state index contributed by atoms with van der Waals surface area (Å²) in [6, 6.07) is 1.91. The smallest absolute Gasteiger partial charge is 0.248 e. The lowest BCUT2D eigenvalue weighted by molar-refractivity contribution is 0.0683. The molecule has 1 atom stereocenters. The van der Waals surface area contributed by atoms with Crippen molar-refractivity contribution >= 4 is 5.96 Å². The normalized spacial score (nSPS) is 17.1. The Hall–Kier alpha value is -2.46. The third-order valence-corrected chi connectivity index (χ3v) is 4.51. The monoisotopic (exact) mass is 391 g/mol. The Morgan fingerprint density at radius 2 is 2.11 bits per heavy atom. The van der Waals surface area contributed by atoms with Crippen molar-refractivity contribution in [1.82, 2.24) is 30.4 Å². The molecule has 10 heteroatoms. The average molecular weight is 391 g/mol. The van der Waals surface area contributed by atoms with Crippen molar-refractivity contribution in [2.75, 3.05) is 39.3 Å². The highest BCUT2D eigenvalue weighted by atomic mass is 16.5. The zero-order valence-electron chi connectivity index (χ0n) is 16.8. The highest BCUT2D eigenvalue weighted by Crippen LogP contribution is 2.13. The van der Waals surface area contributed by atoms with E-state index in [4.69, 9.17) is 13.8 Å². The van der Waals surface area contributed by atoms with E-state index in [2.05, 4.69) is 42.3 Å². The van der Waals surface area contributed by atoms with Crippen molar-refractivity contribution < 1.29 is 13.8 Å². The molecule has 2 aromatic rings. The van der Waals surface area contributed by atoms with Crippen LogP contribution >= 0.6 is 0 Å². The van der Waals surface area contributed by atoms with E-state index in [1.54, 1.807) is 6.26 Å². The molecule has 1 N–H and O–H groups in total. The molecule has 3 rings (SSSR count). The van der Waals surface area contributed by atoms with Gasteiger partial charge in [-0.25, -0.2) is 4.99 Å². The van der Waals surface area contributed by atoms with E-state index in [1.165, 1.54) is 0 Å². The molecule has 1 fully saturated rings. The molecule has 2 aromatic heterocycles. The van der Waals surface area contributed by atoms with Crippen molar-refractivity contribution in [3.8, 4) is 0 Å². The van der Waals surface area contributed by atoms with Crippen molar-refractivity contribution in [2.45, 2.75) is 40.0 Å². The molecule has 3 heterocycles. The second kappa shape index (κ2) is 10.2. The summed E-state index contributed by atoms with van der Waals surface area (Å²) in [6.45, 7) is 12.1. The largest absolute Gasteiger partial charge is 0.371 e. The lowest BCUT2D eigenvalue weighted by Gasteiger charge is -2.36. The lowest BCUT2D eigenvalue weighted by atomic mass is 10.3. The molecule has 0 amide bonds. The molecule has 0 bridgehead atoms. The SMILES string of the molecule is CCNC(=NCc1nc(C(C)OCC)no1)N1CCN(Cc2ccon2)CC1. The molecule has 0 aliphatic carbocycles. The molecule has 154 valence electrons. The Morgan fingerprint density at radius 3 is 2.79 bits per heavy atom. The summed E-state index contributed by atoms with van der Waals surface area (Å²) in [7, 11) is 0. The van der Waals surface area contributed by atoms with Crippen LogP contribution in [0.4, 0.5) is 0 Å². The van der Waals surface area contributed by atoms with E-state index in [9.17, 15) is 0 Å². The van der Waals surface area contributed by atoms with E-state index >= 15 is 0 Å². The summed E-state index contributed by atoms with van der Waals surface area (Å²) < 4.78 is 15.7. The maximum Gasteiger partial charge on any atom is 0.248 e. The maximum atomic E-state index is 5.49. The van der Waals surface area contributed by atoms with E-state index in [0.717, 1.165) is 50.9 Å². The number of nitrogens with one attached hydrogen (secondary N) is 1. The number of piperazine rings is 1. The van der Waals surface area contributed by atoms with E-state index in [-0.39, 0.29) is 6.10 Å². The minimum Gasteiger partial charge on any atom is -0.371 e. The molecule has 0 radical (unpaired) electrons. The summed E-state index contributed by atoms with van der Waals surface area (Å²) in [5.74, 6) is 1.90. The molecule has 1 unspecified atom stereocenters. The lowest BCUT2D eigenvalue weighted by Crippen LogP contribution is -2.52. The van der Waals surface area contributed by atoms with Crippen LogP contribution in [0.15, 0.2) is 26.4 Å². The second-order valence-corrected chi connectivity index (χ2v) is 6.57. The number of ether oxygens (including phenoxy) is 1. The summed E-state index contributed by atoms with van der Waals surface area (Å²) in [5, 5.41) is 11.3. The molecule has 0 spiro atoms. The molecule has 0 saturated carbocycles. The zero-order valence-corrected chi connectivity index (χ0v) is 16.8. The Kier molecular flexibility index (Phi) is 7.38. The molecule has 28 heavy (non-hydrogen) atoms. The average Bonchev–Trinajstić information content (AvgIpc) is 3.38. The van der Waals surface area contributed by atoms with Crippen molar-refractivity contribution in [3.63, 3.8) is 0 Å². The van der Waals surface area contributed by atoms with Crippen LogP contribution in [0.5, 0.6) is 0 Å². The van der Waals surface area contributed by atoms with Gasteiger partial charge in [-0.05, 0) is 20.8 Å². The molecular formula is C18H29N7O3. The quantitative estimate of drug-likeness (QED) is 0.528. The van der Waals surface area contributed by atoms with Crippen LogP contribution in [0.1, 0.15) is 44.3 Å². The fourth-order valence-corrected chi connectivity index (χ4v) is 3.06. The Morgan fingerprint density at radius 1 is 1.29 bits per heavy atom. The standard InChI is InChI=1S/C18H29N7O3/c1-4-19-18(20-12-16-21-17(23-28-16)14(3)26-5-2)25-9-7-24(8-10-25)13-15-6-11-27-22-15/h6,11,14H,4-5,7-10,12-13H2,1-3H3,(H,19,20). The topological polar surface area (TPSA) is 105 Å². The highest BCUT2D eigenvalue weighted by molar-refractivity contribution is 5.80. The van der Waals surface area contributed by atoms with Gasteiger partial charge in [0.25, 0.3) is 0 Å². The van der Waals surface area contributed by atoms with Crippen LogP contribution in [-0.4, -0.2) is 70.4 Å². The van der Waals surface area contributed by atoms with Gasteiger partial charge in [-0.2, -0.15) is 4.98 Å². The number of aromatic nitrogens is 3. The van der Waals surface area contributed by atoms with Gasteiger partial charge in [0.1, 0.15) is 18.9 Å². The number of rotatable bonds is 8. The third-order valence-electron chi connectivity index (χ3n) is 4.51. The van der Waals surface area contributed by atoms with Crippen LogP contribution < -0.4 is 5.32 Å².